The Morgan fingerprint density at radius 3 is 1.94 bits per heavy atom. The van der Waals surface area contributed by atoms with Crippen molar-refractivity contribution in [3.05, 3.63) is 17.7 Å². The van der Waals surface area contributed by atoms with Crippen molar-refractivity contribution in [2.75, 3.05) is 7.11 Å². The second-order valence-corrected chi connectivity index (χ2v) is 5.94. The number of rotatable bonds is 3. The fourth-order valence-corrected chi connectivity index (χ4v) is 2.99. The lowest BCUT2D eigenvalue weighted by molar-refractivity contribution is 0.381. The van der Waals surface area contributed by atoms with Gasteiger partial charge in [-0.15, -0.1) is 0 Å². The first-order chi connectivity index (χ1) is 7.59. The van der Waals surface area contributed by atoms with Gasteiger partial charge in [-0.25, -0.2) is 0 Å². The molecular formula is C8H10O7S2. The molecule has 0 aliphatic rings. The summed E-state index contributed by atoms with van der Waals surface area (Å²) in [5, 5.41) is 0. The molecule has 1 aromatic rings. The summed E-state index contributed by atoms with van der Waals surface area (Å²) in [4.78, 5) is -1.41. The van der Waals surface area contributed by atoms with Crippen LogP contribution in [-0.2, 0) is 20.2 Å². The average Bonchev–Trinajstić information content (AvgIpc) is 2.12. The molecule has 0 heterocycles. The van der Waals surface area contributed by atoms with Crippen molar-refractivity contribution < 1.29 is 30.7 Å². The molecule has 96 valence electrons. The zero-order chi connectivity index (χ0) is 13.4. The Labute approximate surface area is 98.5 Å². The molecule has 9 heteroatoms. The van der Waals surface area contributed by atoms with Crippen molar-refractivity contribution in [3.8, 4) is 5.75 Å². The minimum Gasteiger partial charge on any atom is -0.494 e. The van der Waals surface area contributed by atoms with Gasteiger partial charge in [-0.3, -0.25) is 9.11 Å². The summed E-state index contributed by atoms with van der Waals surface area (Å²) < 4.78 is 66.7. The minimum absolute atomic E-state index is 0.0942. The summed E-state index contributed by atoms with van der Waals surface area (Å²) >= 11 is 0. The van der Waals surface area contributed by atoms with Crippen LogP contribution in [0.25, 0.3) is 0 Å². The van der Waals surface area contributed by atoms with Crippen LogP contribution in [0.3, 0.4) is 0 Å². The van der Waals surface area contributed by atoms with E-state index in [1.165, 1.54) is 6.92 Å². The van der Waals surface area contributed by atoms with Gasteiger partial charge in [0.1, 0.15) is 9.79 Å². The third kappa shape index (κ3) is 2.75. The second kappa shape index (κ2) is 4.26. The lowest BCUT2D eigenvalue weighted by Crippen LogP contribution is -2.09. The van der Waals surface area contributed by atoms with Gasteiger partial charge in [-0.2, -0.15) is 16.8 Å². The summed E-state index contributed by atoms with van der Waals surface area (Å²) in [5.74, 6) is -0.616. The van der Waals surface area contributed by atoms with Crippen molar-refractivity contribution in [1.82, 2.24) is 0 Å². The lowest BCUT2D eigenvalue weighted by Gasteiger charge is -2.11. The largest absolute Gasteiger partial charge is 0.494 e. The molecule has 0 saturated heterocycles. The van der Waals surface area contributed by atoms with E-state index in [2.05, 4.69) is 4.74 Å². The second-order valence-electron chi connectivity index (χ2n) is 3.19. The highest BCUT2D eigenvalue weighted by Gasteiger charge is 2.27. The Morgan fingerprint density at radius 1 is 1.06 bits per heavy atom. The van der Waals surface area contributed by atoms with Gasteiger partial charge in [-0.05, 0) is 18.6 Å². The van der Waals surface area contributed by atoms with Gasteiger partial charge in [0.2, 0.25) is 0 Å². The first-order valence-corrected chi connectivity index (χ1v) is 7.09. The number of hydrogen-bond acceptors (Lipinski definition) is 5. The van der Waals surface area contributed by atoms with Gasteiger partial charge in [0.05, 0.1) is 7.11 Å². The molecule has 0 fully saturated rings. The SMILES string of the molecule is COc1c(S(=O)(=O)O)ccc(C)c1S(=O)(=O)O. The highest BCUT2D eigenvalue weighted by atomic mass is 32.2. The van der Waals surface area contributed by atoms with Gasteiger partial charge < -0.3 is 4.74 Å². The topological polar surface area (TPSA) is 118 Å². The monoisotopic (exact) mass is 282 g/mol. The predicted octanol–water partition coefficient (Wildman–Crippen LogP) is 0.497. The van der Waals surface area contributed by atoms with E-state index < -0.39 is 35.8 Å². The fourth-order valence-electron chi connectivity index (χ4n) is 1.36. The maximum atomic E-state index is 11.1. The molecule has 0 spiro atoms. The van der Waals surface area contributed by atoms with E-state index in [4.69, 9.17) is 9.11 Å². The Bertz CT molecular complexity index is 643. The van der Waals surface area contributed by atoms with Crippen LogP contribution in [0.1, 0.15) is 5.56 Å². The smallest absolute Gasteiger partial charge is 0.298 e. The predicted molar refractivity (Wildman–Crippen MR) is 57.4 cm³/mol. The van der Waals surface area contributed by atoms with Crippen molar-refractivity contribution in [1.29, 1.82) is 0 Å². The van der Waals surface area contributed by atoms with Gasteiger partial charge in [0, 0.05) is 0 Å². The van der Waals surface area contributed by atoms with Crippen LogP contribution in [0.2, 0.25) is 0 Å². The van der Waals surface area contributed by atoms with Crippen LogP contribution in [0.4, 0.5) is 0 Å². The molecule has 0 radical (unpaired) electrons. The standard InChI is InChI=1S/C8H10O7S2/c1-5-3-4-6(16(9,10)11)7(15-2)8(5)17(12,13)14/h3-4H,1-2H3,(H,9,10,11)(H,12,13,14). The lowest BCUT2D eigenvalue weighted by atomic mass is 10.2. The Hall–Kier alpha value is -1.16. The van der Waals surface area contributed by atoms with E-state index in [0.717, 1.165) is 19.2 Å². The van der Waals surface area contributed by atoms with Crippen LogP contribution < -0.4 is 4.74 Å². The van der Waals surface area contributed by atoms with Crippen LogP contribution in [0.15, 0.2) is 21.9 Å². The molecule has 1 aromatic carbocycles. The molecule has 0 atom stereocenters. The molecule has 17 heavy (non-hydrogen) atoms. The molecule has 0 bridgehead atoms. The molecular weight excluding hydrogens is 272 g/mol. The van der Waals surface area contributed by atoms with Crippen LogP contribution >= 0.6 is 0 Å². The molecule has 0 unspecified atom stereocenters. The normalized spacial score (nSPS) is 12.5. The summed E-state index contributed by atoms with van der Waals surface area (Å²) in [5.41, 5.74) is 0.0942. The fraction of sp³-hybridized carbons (Fsp3) is 0.250. The van der Waals surface area contributed by atoms with E-state index in [1.54, 1.807) is 0 Å². The first-order valence-electron chi connectivity index (χ1n) is 4.21. The van der Waals surface area contributed by atoms with Gasteiger partial charge in [0.15, 0.2) is 5.75 Å². The molecule has 0 saturated carbocycles. The summed E-state index contributed by atoms with van der Waals surface area (Å²) in [6.45, 7) is 1.35. The van der Waals surface area contributed by atoms with Gasteiger partial charge in [-0.1, -0.05) is 6.07 Å². The van der Waals surface area contributed by atoms with Gasteiger partial charge >= 0.3 is 0 Å². The van der Waals surface area contributed by atoms with E-state index in [9.17, 15) is 16.8 Å². The third-order valence-corrected chi connectivity index (χ3v) is 3.91. The Kier molecular flexibility index (Phi) is 3.48. The molecule has 0 aromatic heterocycles. The first kappa shape index (κ1) is 13.9. The van der Waals surface area contributed by atoms with Crippen molar-refractivity contribution in [2.24, 2.45) is 0 Å². The number of aryl methyl sites for hydroxylation is 1. The highest BCUT2D eigenvalue weighted by molar-refractivity contribution is 7.87. The summed E-state index contributed by atoms with van der Waals surface area (Å²) in [6.07, 6.45) is 0. The van der Waals surface area contributed by atoms with E-state index >= 15 is 0 Å². The number of hydrogen-bond donors (Lipinski definition) is 2. The van der Waals surface area contributed by atoms with E-state index in [0.29, 0.717) is 0 Å². The van der Waals surface area contributed by atoms with Crippen molar-refractivity contribution in [3.63, 3.8) is 0 Å². The Balaban J connectivity index is 3.85. The molecule has 7 nitrogen and oxygen atoms in total. The molecule has 2 N–H and O–H groups in total. The zero-order valence-electron chi connectivity index (χ0n) is 8.91. The van der Waals surface area contributed by atoms with Crippen molar-refractivity contribution in [2.45, 2.75) is 16.7 Å². The van der Waals surface area contributed by atoms with Crippen molar-refractivity contribution >= 4 is 20.2 Å². The number of ether oxygens (including phenoxy) is 1. The average molecular weight is 282 g/mol. The van der Waals surface area contributed by atoms with Gasteiger partial charge in [0.25, 0.3) is 20.2 Å². The molecule has 1 rings (SSSR count). The zero-order valence-corrected chi connectivity index (χ0v) is 10.5. The number of benzene rings is 1. The maximum Gasteiger partial charge on any atom is 0.298 e. The third-order valence-electron chi connectivity index (χ3n) is 2.01. The van der Waals surface area contributed by atoms with Crippen LogP contribution in [0.5, 0.6) is 5.75 Å². The van der Waals surface area contributed by atoms with E-state index in [1.807, 2.05) is 0 Å². The number of methoxy groups -OCH3 is 1. The Morgan fingerprint density at radius 2 is 1.59 bits per heavy atom. The highest BCUT2D eigenvalue weighted by Crippen LogP contribution is 2.33. The minimum atomic E-state index is -4.66. The van der Waals surface area contributed by atoms with Crippen LogP contribution in [-0.4, -0.2) is 33.1 Å². The summed E-state index contributed by atoms with van der Waals surface area (Å²) in [6, 6.07) is 2.12. The molecule has 0 aliphatic heterocycles. The maximum absolute atomic E-state index is 11.1. The molecule has 0 amide bonds. The summed E-state index contributed by atoms with van der Waals surface area (Å²) in [7, 11) is -8.28. The van der Waals surface area contributed by atoms with E-state index in [-0.39, 0.29) is 5.56 Å². The van der Waals surface area contributed by atoms with Crippen LogP contribution in [0, 0.1) is 6.92 Å². The quantitative estimate of drug-likeness (QED) is 0.775. The molecule has 0 aliphatic carbocycles.